The van der Waals surface area contributed by atoms with Gasteiger partial charge in [-0.2, -0.15) is 5.10 Å². The normalized spacial score (nSPS) is 12.7. The Hall–Kier alpha value is -3.07. The lowest BCUT2D eigenvalue weighted by molar-refractivity contribution is 0.423. The molecular formula is C27H32N2O. The van der Waals surface area contributed by atoms with Gasteiger partial charge >= 0.3 is 0 Å². The van der Waals surface area contributed by atoms with Crippen LogP contribution in [0.4, 0.5) is 5.69 Å². The third-order valence-electron chi connectivity index (χ3n) is 5.12. The Labute approximate surface area is 180 Å². The summed E-state index contributed by atoms with van der Waals surface area (Å²) in [6.07, 6.45) is 0. The molecule has 0 bridgehead atoms. The summed E-state index contributed by atoms with van der Waals surface area (Å²) < 4.78 is 0. The number of benzene rings is 3. The number of phenolic OH excluding ortho intramolecular Hbond substituents is 1. The maximum absolute atomic E-state index is 11.1. The molecule has 0 aliphatic rings. The third kappa shape index (κ3) is 4.91. The second-order valence-corrected chi connectivity index (χ2v) is 9.72. The number of nitrogens with one attached hydrogen (secondary N) is 1. The van der Waals surface area contributed by atoms with Crippen LogP contribution >= 0.6 is 0 Å². The summed E-state index contributed by atoms with van der Waals surface area (Å²) in [5, 5.41) is 15.9. The molecule has 0 heterocycles. The summed E-state index contributed by atoms with van der Waals surface area (Å²) in [5.41, 5.74) is 8.42. The number of phenols is 1. The molecule has 3 rings (SSSR count). The summed E-state index contributed by atoms with van der Waals surface area (Å²) in [5.74, 6) is 0.377. The molecule has 3 nitrogen and oxygen atoms in total. The first-order valence-corrected chi connectivity index (χ1v) is 10.4. The number of hydrogen-bond donors (Lipinski definition) is 2. The maximum Gasteiger partial charge on any atom is 0.123 e. The van der Waals surface area contributed by atoms with Crippen LogP contribution in [0, 0.1) is 0 Å². The molecule has 0 aromatic heterocycles. The predicted molar refractivity (Wildman–Crippen MR) is 128 cm³/mol. The Morgan fingerprint density at radius 1 is 0.700 bits per heavy atom. The van der Waals surface area contributed by atoms with Crippen LogP contribution in [0.15, 0.2) is 77.9 Å². The molecule has 3 heteroatoms. The van der Waals surface area contributed by atoms with Crippen LogP contribution in [0.3, 0.4) is 0 Å². The topological polar surface area (TPSA) is 44.6 Å². The number of hydrogen-bond acceptors (Lipinski definition) is 3. The van der Waals surface area contributed by atoms with Gasteiger partial charge in [0.05, 0.1) is 11.4 Å². The first kappa shape index (κ1) is 21.6. The summed E-state index contributed by atoms with van der Waals surface area (Å²) in [4.78, 5) is 0. The fourth-order valence-electron chi connectivity index (χ4n) is 3.44. The zero-order chi connectivity index (χ0) is 21.9. The number of aromatic hydroxyl groups is 1. The van der Waals surface area contributed by atoms with Gasteiger partial charge < -0.3 is 5.11 Å². The first-order valence-electron chi connectivity index (χ1n) is 10.4. The van der Waals surface area contributed by atoms with E-state index in [1.54, 1.807) is 0 Å². The molecule has 156 valence electrons. The molecule has 0 saturated heterocycles. The number of rotatable bonds is 4. The SMILES string of the molecule is CC(C)(C)c1cc(/C(=N\Nc2ccccc2)c2ccccc2)cc(C(C)(C)C)c1O. The largest absolute Gasteiger partial charge is 0.507 e. The van der Waals surface area contributed by atoms with Gasteiger partial charge in [-0.05, 0) is 35.1 Å². The zero-order valence-electron chi connectivity index (χ0n) is 18.8. The zero-order valence-corrected chi connectivity index (χ0v) is 18.8. The summed E-state index contributed by atoms with van der Waals surface area (Å²) in [6, 6.07) is 24.2. The van der Waals surface area contributed by atoms with Gasteiger partial charge in [-0.1, -0.05) is 90.1 Å². The van der Waals surface area contributed by atoms with E-state index in [0.717, 1.165) is 33.7 Å². The van der Waals surface area contributed by atoms with Gasteiger partial charge in [0.15, 0.2) is 0 Å². The van der Waals surface area contributed by atoms with Gasteiger partial charge in [-0.3, -0.25) is 5.43 Å². The Kier molecular flexibility index (Phi) is 6.02. The van der Waals surface area contributed by atoms with Crippen molar-refractivity contribution in [3.8, 4) is 5.75 Å². The van der Waals surface area contributed by atoms with Crippen LogP contribution in [-0.4, -0.2) is 10.8 Å². The predicted octanol–water partition coefficient (Wildman–Crippen LogP) is 6.85. The molecule has 3 aromatic rings. The van der Waals surface area contributed by atoms with Crippen LogP contribution in [0.2, 0.25) is 0 Å². The van der Waals surface area contributed by atoms with Crippen molar-refractivity contribution < 1.29 is 5.11 Å². The molecule has 0 amide bonds. The minimum Gasteiger partial charge on any atom is -0.507 e. The van der Waals surface area contributed by atoms with E-state index in [1.807, 2.05) is 48.5 Å². The van der Waals surface area contributed by atoms with Crippen LogP contribution < -0.4 is 5.43 Å². The molecule has 0 aliphatic heterocycles. The molecule has 0 unspecified atom stereocenters. The highest BCUT2D eigenvalue weighted by molar-refractivity contribution is 6.13. The van der Waals surface area contributed by atoms with E-state index in [9.17, 15) is 5.11 Å². The van der Waals surface area contributed by atoms with E-state index < -0.39 is 0 Å². The molecule has 0 saturated carbocycles. The second-order valence-electron chi connectivity index (χ2n) is 9.72. The lowest BCUT2D eigenvalue weighted by Crippen LogP contribution is -2.19. The monoisotopic (exact) mass is 400 g/mol. The average molecular weight is 401 g/mol. The summed E-state index contributed by atoms with van der Waals surface area (Å²) >= 11 is 0. The van der Waals surface area contributed by atoms with Crippen molar-refractivity contribution in [2.45, 2.75) is 52.4 Å². The highest BCUT2D eigenvalue weighted by atomic mass is 16.3. The first-order chi connectivity index (χ1) is 14.1. The third-order valence-corrected chi connectivity index (χ3v) is 5.12. The maximum atomic E-state index is 11.1. The van der Waals surface area contributed by atoms with Gasteiger partial charge in [-0.15, -0.1) is 0 Å². The Balaban J connectivity index is 2.22. The van der Waals surface area contributed by atoms with E-state index in [1.165, 1.54) is 0 Å². The van der Waals surface area contributed by atoms with Crippen LogP contribution in [0.1, 0.15) is 63.8 Å². The van der Waals surface area contributed by atoms with Crippen LogP contribution in [0.25, 0.3) is 0 Å². The average Bonchev–Trinajstić information content (AvgIpc) is 2.69. The van der Waals surface area contributed by atoms with Crippen molar-refractivity contribution >= 4 is 11.4 Å². The molecule has 2 N–H and O–H groups in total. The molecule has 0 spiro atoms. The second kappa shape index (κ2) is 8.35. The minimum absolute atomic E-state index is 0.200. The van der Waals surface area contributed by atoms with Crippen molar-refractivity contribution in [2.75, 3.05) is 5.43 Å². The van der Waals surface area contributed by atoms with Gasteiger partial charge in [-0.25, -0.2) is 0 Å². The number of anilines is 1. The molecule has 3 aromatic carbocycles. The van der Waals surface area contributed by atoms with Crippen LogP contribution in [0.5, 0.6) is 5.75 Å². The van der Waals surface area contributed by atoms with E-state index in [-0.39, 0.29) is 10.8 Å². The van der Waals surface area contributed by atoms with Crippen molar-refractivity contribution in [2.24, 2.45) is 5.10 Å². The lowest BCUT2D eigenvalue weighted by Gasteiger charge is -2.28. The van der Waals surface area contributed by atoms with E-state index in [0.29, 0.717) is 5.75 Å². The van der Waals surface area contributed by atoms with Gasteiger partial charge in [0.1, 0.15) is 5.75 Å². The number of hydrazone groups is 1. The molecule has 30 heavy (non-hydrogen) atoms. The van der Waals surface area contributed by atoms with E-state index >= 15 is 0 Å². The highest BCUT2D eigenvalue weighted by Crippen LogP contribution is 2.40. The number of para-hydroxylation sites is 1. The molecule has 0 radical (unpaired) electrons. The summed E-state index contributed by atoms with van der Waals surface area (Å²) in [7, 11) is 0. The Bertz CT molecular complexity index is 989. The Morgan fingerprint density at radius 2 is 1.17 bits per heavy atom. The van der Waals surface area contributed by atoms with E-state index in [4.69, 9.17) is 5.10 Å². The summed E-state index contributed by atoms with van der Waals surface area (Å²) in [6.45, 7) is 12.7. The highest BCUT2D eigenvalue weighted by Gasteiger charge is 2.27. The number of nitrogens with zero attached hydrogens (tertiary/aromatic N) is 1. The molecule has 0 atom stereocenters. The quantitative estimate of drug-likeness (QED) is 0.371. The standard InChI is InChI=1S/C27H32N2O/c1-26(2,3)22-17-20(18-23(25(22)30)27(4,5)6)24(19-13-9-7-10-14-19)29-28-21-15-11-8-12-16-21/h7-18,28,30H,1-6H3/b29-24-. The van der Waals surface area contributed by atoms with Crippen molar-refractivity contribution in [1.29, 1.82) is 0 Å². The molecule has 0 aliphatic carbocycles. The van der Waals surface area contributed by atoms with Crippen molar-refractivity contribution in [1.82, 2.24) is 0 Å². The lowest BCUT2D eigenvalue weighted by atomic mass is 9.77. The Morgan fingerprint density at radius 3 is 1.63 bits per heavy atom. The smallest absolute Gasteiger partial charge is 0.123 e. The molecular weight excluding hydrogens is 368 g/mol. The minimum atomic E-state index is -0.200. The van der Waals surface area contributed by atoms with Crippen molar-refractivity contribution in [3.05, 3.63) is 95.1 Å². The van der Waals surface area contributed by atoms with Gasteiger partial charge in [0, 0.05) is 22.3 Å². The van der Waals surface area contributed by atoms with E-state index in [2.05, 4.69) is 71.2 Å². The van der Waals surface area contributed by atoms with Gasteiger partial charge in [0.2, 0.25) is 0 Å². The fourth-order valence-corrected chi connectivity index (χ4v) is 3.44. The van der Waals surface area contributed by atoms with Crippen molar-refractivity contribution in [3.63, 3.8) is 0 Å². The fraction of sp³-hybridized carbons (Fsp3) is 0.296. The molecule has 0 fully saturated rings. The van der Waals surface area contributed by atoms with Gasteiger partial charge in [0.25, 0.3) is 0 Å². The van der Waals surface area contributed by atoms with Crippen LogP contribution in [-0.2, 0) is 10.8 Å².